The molecule has 5 heteroatoms. The van der Waals surface area contributed by atoms with Gasteiger partial charge in [-0.2, -0.15) is 0 Å². The molecule has 0 radical (unpaired) electrons. The number of nitrogen functional groups attached to an aromatic ring is 1. The Hall–Kier alpha value is -1.03. The minimum Gasteiger partial charge on any atom is -0.489 e. The zero-order chi connectivity index (χ0) is 14.1. The van der Waals surface area contributed by atoms with Gasteiger partial charge in [0.05, 0.1) is 5.02 Å². The lowest BCUT2D eigenvalue weighted by molar-refractivity contribution is 0.259. The maximum absolute atomic E-state index is 6.17. The van der Waals surface area contributed by atoms with Crippen molar-refractivity contribution in [2.24, 2.45) is 0 Å². The van der Waals surface area contributed by atoms with E-state index in [4.69, 9.17) is 33.7 Å². The molecule has 1 atom stereocenters. The molecular formula is C15H13Cl2NOS. The fourth-order valence-corrected chi connectivity index (χ4v) is 3.66. The highest BCUT2D eigenvalue weighted by atomic mass is 35.5. The van der Waals surface area contributed by atoms with E-state index >= 15 is 0 Å². The first kappa shape index (κ1) is 13.9. The highest BCUT2D eigenvalue weighted by molar-refractivity contribution is 7.99. The van der Waals surface area contributed by atoms with E-state index < -0.39 is 0 Å². The molecule has 20 heavy (non-hydrogen) atoms. The first-order valence-corrected chi connectivity index (χ1v) is 7.99. The Morgan fingerprint density at radius 1 is 1.20 bits per heavy atom. The van der Waals surface area contributed by atoms with Crippen molar-refractivity contribution in [2.45, 2.75) is 17.4 Å². The highest BCUT2D eigenvalue weighted by Gasteiger charge is 2.23. The molecule has 2 N–H and O–H groups in total. The van der Waals surface area contributed by atoms with E-state index in [2.05, 4.69) is 0 Å². The number of halogens is 2. The standard InChI is InChI=1S/C15H13Cl2NOS/c16-10-1-3-14-9(5-10)6-12(19-14)8-20-15-4-2-11(18)7-13(15)17/h1-5,7,12H,6,8,18H2. The second-order valence-electron chi connectivity index (χ2n) is 4.70. The van der Waals surface area contributed by atoms with Crippen LogP contribution in [0.5, 0.6) is 5.75 Å². The molecule has 1 aliphatic heterocycles. The molecule has 0 amide bonds. The van der Waals surface area contributed by atoms with Crippen molar-refractivity contribution >= 4 is 40.7 Å². The highest BCUT2D eigenvalue weighted by Crippen LogP contribution is 2.35. The quantitative estimate of drug-likeness (QED) is 0.657. The van der Waals surface area contributed by atoms with E-state index in [0.717, 1.165) is 27.8 Å². The summed E-state index contributed by atoms with van der Waals surface area (Å²) in [6.07, 6.45) is 1.04. The summed E-state index contributed by atoms with van der Waals surface area (Å²) in [6, 6.07) is 11.3. The molecule has 0 aromatic heterocycles. The smallest absolute Gasteiger partial charge is 0.123 e. The second kappa shape index (κ2) is 5.76. The number of thioether (sulfide) groups is 1. The topological polar surface area (TPSA) is 35.2 Å². The van der Waals surface area contributed by atoms with Crippen molar-refractivity contribution in [1.29, 1.82) is 0 Å². The van der Waals surface area contributed by atoms with Crippen LogP contribution in [0.15, 0.2) is 41.3 Å². The molecule has 2 aromatic rings. The van der Waals surface area contributed by atoms with Gasteiger partial charge in [0.25, 0.3) is 0 Å². The molecule has 104 valence electrons. The second-order valence-corrected chi connectivity index (χ2v) is 6.60. The van der Waals surface area contributed by atoms with Crippen molar-refractivity contribution in [3.05, 3.63) is 52.0 Å². The largest absolute Gasteiger partial charge is 0.489 e. The molecule has 0 saturated heterocycles. The fourth-order valence-electron chi connectivity index (χ4n) is 2.20. The van der Waals surface area contributed by atoms with Crippen molar-refractivity contribution in [1.82, 2.24) is 0 Å². The summed E-state index contributed by atoms with van der Waals surface area (Å²) in [5.41, 5.74) is 7.54. The minimum absolute atomic E-state index is 0.155. The van der Waals surface area contributed by atoms with E-state index in [0.29, 0.717) is 10.7 Å². The average molecular weight is 326 g/mol. The van der Waals surface area contributed by atoms with Crippen LogP contribution in [0.1, 0.15) is 5.56 Å². The predicted octanol–water partition coefficient (Wildman–Crippen LogP) is 4.67. The number of hydrogen-bond acceptors (Lipinski definition) is 3. The third-order valence-corrected chi connectivity index (χ3v) is 5.01. The average Bonchev–Trinajstić information content (AvgIpc) is 2.79. The van der Waals surface area contributed by atoms with E-state index in [1.807, 2.05) is 30.3 Å². The van der Waals surface area contributed by atoms with Gasteiger partial charge in [-0.1, -0.05) is 23.2 Å². The molecule has 1 unspecified atom stereocenters. The molecule has 0 bridgehead atoms. The molecular weight excluding hydrogens is 313 g/mol. The summed E-state index contributed by atoms with van der Waals surface area (Å²) in [4.78, 5) is 1.03. The Labute approximate surface area is 132 Å². The van der Waals surface area contributed by atoms with Crippen LogP contribution in [-0.4, -0.2) is 11.9 Å². The fraction of sp³-hybridized carbons (Fsp3) is 0.200. The maximum atomic E-state index is 6.17. The van der Waals surface area contributed by atoms with E-state index in [9.17, 15) is 0 Å². The van der Waals surface area contributed by atoms with Crippen molar-refractivity contribution in [2.75, 3.05) is 11.5 Å². The van der Waals surface area contributed by atoms with Gasteiger partial charge < -0.3 is 10.5 Å². The van der Waals surface area contributed by atoms with Gasteiger partial charge in [-0.3, -0.25) is 0 Å². The van der Waals surface area contributed by atoms with E-state index in [1.54, 1.807) is 17.8 Å². The van der Waals surface area contributed by atoms with Crippen LogP contribution in [0.4, 0.5) is 5.69 Å². The predicted molar refractivity (Wildman–Crippen MR) is 86.2 cm³/mol. The van der Waals surface area contributed by atoms with Gasteiger partial charge >= 0.3 is 0 Å². The van der Waals surface area contributed by atoms with Crippen LogP contribution < -0.4 is 10.5 Å². The maximum Gasteiger partial charge on any atom is 0.123 e. The van der Waals surface area contributed by atoms with Crippen LogP contribution in [-0.2, 0) is 6.42 Å². The van der Waals surface area contributed by atoms with Gasteiger partial charge in [0.1, 0.15) is 11.9 Å². The molecule has 1 heterocycles. The summed E-state index contributed by atoms with van der Waals surface area (Å²) in [6.45, 7) is 0. The zero-order valence-corrected chi connectivity index (χ0v) is 12.9. The lowest BCUT2D eigenvalue weighted by atomic mass is 10.1. The Kier molecular flexibility index (Phi) is 4.01. The van der Waals surface area contributed by atoms with E-state index in [-0.39, 0.29) is 6.10 Å². The third kappa shape index (κ3) is 3.00. The molecule has 0 fully saturated rings. The first-order chi connectivity index (χ1) is 9.61. The van der Waals surface area contributed by atoms with Gasteiger partial charge in [0.15, 0.2) is 0 Å². The van der Waals surface area contributed by atoms with Crippen LogP contribution in [0.3, 0.4) is 0 Å². The van der Waals surface area contributed by atoms with Gasteiger partial charge in [0.2, 0.25) is 0 Å². The third-order valence-electron chi connectivity index (χ3n) is 3.14. The van der Waals surface area contributed by atoms with Crippen molar-refractivity contribution < 1.29 is 4.74 Å². The van der Waals surface area contributed by atoms with Gasteiger partial charge in [0, 0.05) is 27.8 Å². The summed E-state index contributed by atoms with van der Waals surface area (Å²) in [5.74, 6) is 1.78. The van der Waals surface area contributed by atoms with Crippen LogP contribution in [0.25, 0.3) is 0 Å². The van der Waals surface area contributed by atoms with Crippen LogP contribution in [0, 0.1) is 0 Å². The Morgan fingerprint density at radius 2 is 2.05 bits per heavy atom. The summed E-state index contributed by atoms with van der Waals surface area (Å²) < 4.78 is 5.90. The van der Waals surface area contributed by atoms with Gasteiger partial charge in [-0.25, -0.2) is 0 Å². The Balaban J connectivity index is 1.63. The normalized spacial score (nSPS) is 16.8. The lowest BCUT2D eigenvalue weighted by Crippen LogP contribution is -2.15. The number of rotatable bonds is 3. The monoisotopic (exact) mass is 325 g/mol. The molecule has 0 saturated carbocycles. The van der Waals surface area contributed by atoms with Gasteiger partial charge in [-0.15, -0.1) is 11.8 Å². The number of hydrogen-bond donors (Lipinski definition) is 1. The summed E-state index contributed by atoms with van der Waals surface area (Å²) in [7, 11) is 0. The van der Waals surface area contributed by atoms with Crippen LogP contribution >= 0.6 is 35.0 Å². The molecule has 1 aliphatic rings. The number of benzene rings is 2. The zero-order valence-electron chi connectivity index (χ0n) is 10.6. The molecule has 2 aromatic carbocycles. The SMILES string of the molecule is Nc1ccc(SCC2Cc3cc(Cl)ccc3O2)c(Cl)c1. The van der Waals surface area contributed by atoms with Crippen molar-refractivity contribution in [3.63, 3.8) is 0 Å². The van der Waals surface area contributed by atoms with Crippen molar-refractivity contribution in [3.8, 4) is 5.75 Å². The molecule has 0 spiro atoms. The number of nitrogens with two attached hydrogens (primary N) is 1. The van der Waals surface area contributed by atoms with E-state index in [1.165, 1.54) is 5.56 Å². The number of ether oxygens (including phenoxy) is 1. The summed E-state index contributed by atoms with van der Waals surface area (Å²) >= 11 is 13.8. The molecule has 0 aliphatic carbocycles. The lowest BCUT2D eigenvalue weighted by Gasteiger charge is -2.11. The van der Waals surface area contributed by atoms with Crippen LogP contribution in [0.2, 0.25) is 10.0 Å². The first-order valence-electron chi connectivity index (χ1n) is 6.25. The molecule has 3 rings (SSSR count). The number of anilines is 1. The van der Waals surface area contributed by atoms with Gasteiger partial charge in [-0.05, 0) is 42.0 Å². The Morgan fingerprint density at radius 3 is 2.85 bits per heavy atom. The minimum atomic E-state index is 0.155. The summed E-state index contributed by atoms with van der Waals surface area (Å²) in [5, 5.41) is 1.44. The Bertz CT molecular complexity index is 648. The number of fused-ring (bicyclic) bond motifs is 1. The molecule has 2 nitrogen and oxygen atoms in total.